The van der Waals surface area contributed by atoms with E-state index in [1.165, 1.54) is 12.8 Å². The number of carbonyl (C=O) groups excluding carboxylic acids is 1. The number of benzene rings is 1. The van der Waals surface area contributed by atoms with E-state index in [-0.39, 0.29) is 11.0 Å². The lowest BCUT2D eigenvalue weighted by Gasteiger charge is -2.35. The SMILES string of the molecule is CC(C)(C)C[Si](C)(Oc1cccc(SCN2CCCC2)c1C(O)Cl)C(=O)OC(C)(C)C. The normalized spacial score (nSPS) is 18.5. The summed E-state index contributed by atoms with van der Waals surface area (Å²) in [7, 11) is -3.04. The fraction of sp³-hybridized carbons (Fsp3) is 0.696. The summed E-state index contributed by atoms with van der Waals surface area (Å²) in [5.74, 6) is 1.31. The van der Waals surface area contributed by atoms with E-state index in [0.717, 1.165) is 23.9 Å². The molecule has 2 atom stereocenters. The number of hydrogen-bond acceptors (Lipinski definition) is 6. The maximum atomic E-state index is 13.2. The van der Waals surface area contributed by atoms with Crippen LogP contribution in [0.3, 0.4) is 0 Å². The number of nitrogens with zero attached hydrogens (tertiary/aromatic N) is 1. The van der Waals surface area contributed by atoms with Gasteiger partial charge in [-0.25, -0.2) is 0 Å². The summed E-state index contributed by atoms with van der Waals surface area (Å²) in [5.41, 5.74) is -1.71. The Morgan fingerprint density at radius 2 is 1.84 bits per heavy atom. The fourth-order valence-electron chi connectivity index (χ4n) is 3.84. The van der Waals surface area contributed by atoms with Crippen LogP contribution in [0, 0.1) is 5.41 Å². The molecule has 0 aliphatic carbocycles. The van der Waals surface area contributed by atoms with Gasteiger partial charge in [-0.15, -0.1) is 11.8 Å². The predicted octanol–water partition coefficient (Wildman–Crippen LogP) is 6.58. The molecule has 0 spiro atoms. The number of halogens is 1. The van der Waals surface area contributed by atoms with Crippen molar-refractivity contribution in [3.8, 4) is 5.75 Å². The predicted molar refractivity (Wildman–Crippen MR) is 132 cm³/mol. The molecule has 0 bridgehead atoms. The van der Waals surface area contributed by atoms with Gasteiger partial charge in [0.05, 0.1) is 0 Å². The Morgan fingerprint density at radius 3 is 2.35 bits per heavy atom. The van der Waals surface area contributed by atoms with E-state index in [9.17, 15) is 9.90 Å². The smallest absolute Gasteiger partial charge is 0.370 e. The number of carbonyl (C=O) groups is 1. The van der Waals surface area contributed by atoms with Gasteiger partial charge in [0.1, 0.15) is 11.4 Å². The average molecular weight is 488 g/mol. The summed E-state index contributed by atoms with van der Waals surface area (Å²) in [5, 5.41) is 10.4. The van der Waals surface area contributed by atoms with Crippen molar-refractivity contribution in [3.63, 3.8) is 0 Å². The van der Waals surface area contributed by atoms with Crippen molar-refractivity contribution in [1.29, 1.82) is 0 Å². The van der Waals surface area contributed by atoms with Crippen molar-refractivity contribution in [3.05, 3.63) is 23.8 Å². The zero-order chi connectivity index (χ0) is 23.4. The Morgan fingerprint density at radius 1 is 1.23 bits per heavy atom. The second-order valence-corrected chi connectivity index (χ2v) is 15.5. The third kappa shape index (κ3) is 8.28. The molecule has 176 valence electrons. The van der Waals surface area contributed by atoms with Crippen LogP contribution in [0.1, 0.15) is 65.5 Å². The first-order valence-corrected chi connectivity index (χ1v) is 15.0. The van der Waals surface area contributed by atoms with E-state index in [2.05, 4.69) is 25.7 Å². The van der Waals surface area contributed by atoms with Gasteiger partial charge in [0.2, 0.25) is 0 Å². The summed E-state index contributed by atoms with van der Waals surface area (Å²) in [6.45, 7) is 15.9. The molecule has 31 heavy (non-hydrogen) atoms. The number of ether oxygens (including phenoxy) is 1. The first kappa shape index (κ1) is 26.5. The van der Waals surface area contributed by atoms with Crippen LogP contribution in [0.4, 0.5) is 4.79 Å². The number of thioether (sulfide) groups is 1. The first-order chi connectivity index (χ1) is 14.2. The number of likely N-dealkylation sites (tertiary alicyclic amines) is 1. The van der Waals surface area contributed by atoms with Crippen LogP contribution in [0.5, 0.6) is 5.75 Å². The molecule has 1 aromatic rings. The largest absolute Gasteiger partial charge is 0.532 e. The molecule has 1 N–H and O–H groups in total. The molecule has 0 radical (unpaired) electrons. The molecule has 1 saturated heterocycles. The van der Waals surface area contributed by atoms with Crippen molar-refractivity contribution in [2.75, 3.05) is 19.0 Å². The van der Waals surface area contributed by atoms with E-state index in [0.29, 0.717) is 17.4 Å². The first-order valence-electron chi connectivity index (χ1n) is 10.9. The van der Waals surface area contributed by atoms with Gasteiger partial charge >= 0.3 is 13.9 Å². The van der Waals surface area contributed by atoms with E-state index in [1.54, 1.807) is 17.8 Å². The van der Waals surface area contributed by atoms with Gasteiger partial charge in [-0.05, 0) is 76.8 Å². The molecule has 0 aromatic heterocycles. The highest BCUT2D eigenvalue weighted by atomic mass is 35.5. The average Bonchev–Trinajstić information content (AvgIpc) is 3.10. The zero-order valence-corrected chi connectivity index (χ0v) is 22.5. The minimum Gasteiger partial charge on any atom is -0.532 e. The second kappa shape index (κ2) is 10.5. The van der Waals surface area contributed by atoms with E-state index in [1.807, 2.05) is 39.5 Å². The van der Waals surface area contributed by atoms with Gasteiger partial charge in [-0.1, -0.05) is 38.4 Å². The number of aliphatic hydroxyl groups excluding tert-OH is 1. The molecule has 2 unspecified atom stereocenters. The molecule has 2 rings (SSSR count). The van der Waals surface area contributed by atoms with Gasteiger partial charge in [-0.2, -0.15) is 0 Å². The van der Waals surface area contributed by atoms with Gasteiger partial charge in [0.15, 0.2) is 5.56 Å². The standard InChI is InChI=1S/C23H38ClNO4SSi/c1-22(2,3)15-31(7,21(27)28-23(4,5)6)29-17-11-10-12-18(19(17)20(24)26)30-16-25-13-8-9-14-25/h10-12,20,26H,8-9,13-16H2,1-7H3. The third-order valence-corrected chi connectivity index (χ3v) is 9.65. The van der Waals surface area contributed by atoms with Crippen LogP contribution in [0.2, 0.25) is 12.6 Å². The summed E-state index contributed by atoms with van der Waals surface area (Å²) < 4.78 is 12.2. The lowest BCUT2D eigenvalue weighted by atomic mass is 10.0. The summed E-state index contributed by atoms with van der Waals surface area (Å²) >= 11 is 7.85. The quantitative estimate of drug-likeness (QED) is 0.254. The van der Waals surface area contributed by atoms with Gasteiger partial charge in [-0.3, -0.25) is 9.69 Å². The number of hydrogen-bond donors (Lipinski definition) is 1. The molecule has 8 heteroatoms. The highest BCUT2D eigenvalue weighted by molar-refractivity contribution is 7.99. The Balaban J connectivity index is 2.35. The summed E-state index contributed by atoms with van der Waals surface area (Å²) in [4.78, 5) is 16.5. The van der Waals surface area contributed by atoms with Gasteiger partial charge in [0.25, 0.3) is 0 Å². The molecule has 1 aliphatic heterocycles. The van der Waals surface area contributed by atoms with Crippen molar-refractivity contribution in [1.82, 2.24) is 4.90 Å². The summed E-state index contributed by atoms with van der Waals surface area (Å²) in [6, 6.07) is 6.22. The van der Waals surface area contributed by atoms with E-state index < -0.39 is 19.5 Å². The molecule has 1 fully saturated rings. The molecule has 1 aromatic carbocycles. The van der Waals surface area contributed by atoms with Crippen LogP contribution < -0.4 is 4.43 Å². The molecule has 1 heterocycles. The van der Waals surface area contributed by atoms with Gasteiger partial charge in [0, 0.05) is 16.3 Å². The highest BCUT2D eigenvalue weighted by Crippen LogP contribution is 2.40. The zero-order valence-electron chi connectivity index (χ0n) is 20.0. The fourth-order valence-corrected chi connectivity index (χ4v) is 8.76. The van der Waals surface area contributed by atoms with Crippen molar-refractivity contribution in [2.45, 2.75) is 83.0 Å². The number of rotatable bonds is 8. The molecule has 0 saturated carbocycles. The van der Waals surface area contributed by atoms with E-state index in [4.69, 9.17) is 20.8 Å². The topological polar surface area (TPSA) is 59.0 Å². The maximum absolute atomic E-state index is 13.2. The number of alkyl halides is 1. The minimum absolute atomic E-state index is 0.125. The van der Waals surface area contributed by atoms with E-state index >= 15 is 0 Å². The Hall–Kier alpha value is -0.733. The second-order valence-electron chi connectivity index (χ2n) is 10.7. The van der Waals surface area contributed by atoms with Crippen molar-refractivity contribution >= 4 is 37.3 Å². The maximum Gasteiger partial charge on any atom is 0.370 e. The third-order valence-electron chi connectivity index (χ3n) is 4.90. The van der Waals surface area contributed by atoms with Crippen LogP contribution in [-0.4, -0.2) is 48.5 Å². The molecule has 5 nitrogen and oxygen atoms in total. The molecular formula is C23H38ClNO4SSi. The lowest BCUT2D eigenvalue weighted by Crippen LogP contribution is -2.52. The van der Waals surface area contributed by atoms with Crippen LogP contribution in [0.25, 0.3) is 0 Å². The number of aliphatic hydroxyl groups is 1. The molecule has 1 aliphatic rings. The minimum atomic E-state index is -3.04. The molecule has 0 amide bonds. The van der Waals surface area contributed by atoms with Crippen LogP contribution >= 0.6 is 23.4 Å². The lowest BCUT2D eigenvalue weighted by molar-refractivity contribution is 0.0674. The van der Waals surface area contributed by atoms with Gasteiger partial charge < -0.3 is 14.3 Å². The highest BCUT2D eigenvalue weighted by Gasteiger charge is 2.47. The van der Waals surface area contributed by atoms with Crippen LogP contribution in [-0.2, 0) is 4.74 Å². The molecular weight excluding hydrogens is 450 g/mol. The van der Waals surface area contributed by atoms with Crippen molar-refractivity contribution in [2.24, 2.45) is 5.41 Å². The Bertz CT molecular complexity index is 757. The monoisotopic (exact) mass is 487 g/mol. The van der Waals surface area contributed by atoms with Crippen LogP contribution in [0.15, 0.2) is 23.1 Å². The summed E-state index contributed by atoms with van der Waals surface area (Å²) in [6.07, 6.45) is 2.45. The Labute approximate surface area is 198 Å². The van der Waals surface area contributed by atoms with Crippen molar-refractivity contribution < 1.29 is 19.1 Å². The Kier molecular flexibility index (Phi) is 8.95.